The highest BCUT2D eigenvalue weighted by Gasteiger charge is 2.11. The molecule has 0 unspecified atom stereocenters. The fourth-order valence-corrected chi connectivity index (χ4v) is 2.46. The van der Waals surface area contributed by atoms with Crippen LogP contribution < -0.4 is 15.6 Å². The summed E-state index contributed by atoms with van der Waals surface area (Å²) < 4.78 is 19.5. The van der Waals surface area contributed by atoms with Gasteiger partial charge in [-0.15, -0.1) is 0 Å². The first-order valence-electron chi connectivity index (χ1n) is 7.84. The van der Waals surface area contributed by atoms with Gasteiger partial charge in [-0.2, -0.15) is 5.10 Å². The summed E-state index contributed by atoms with van der Waals surface area (Å²) in [5, 5.41) is 6.78. The Morgan fingerprint density at radius 1 is 1.15 bits per heavy atom. The molecule has 3 aromatic rings. The number of hydrogen-bond donors (Lipinski definition) is 1. The van der Waals surface area contributed by atoms with E-state index in [1.807, 2.05) is 18.2 Å². The first kappa shape index (κ1) is 17.3. The molecule has 0 spiro atoms. The lowest BCUT2D eigenvalue weighted by atomic mass is 10.1. The molecule has 26 heavy (non-hydrogen) atoms. The summed E-state index contributed by atoms with van der Waals surface area (Å²) in [5.41, 5.74) is 1.09. The Hall–Kier alpha value is -3.48. The number of ether oxygens (including phenoxy) is 1. The molecule has 7 heteroatoms. The van der Waals surface area contributed by atoms with E-state index in [2.05, 4.69) is 10.4 Å². The molecule has 0 bridgehead atoms. The first-order chi connectivity index (χ1) is 12.6. The molecule has 0 saturated carbocycles. The number of anilines is 1. The number of halogens is 1. The standard InChI is InChI=1S/C19H16FN3O3/c1-26-17-8-3-2-7-15(17)16-9-10-19(25)23(22-16)12-18(24)21-14-6-4-5-13(20)11-14/h2-11H,12H2,1H3,(H,21,24). The van der Waals surface area contributed by atoms with Crippen molar-refractivity contribution < 1.29 is 13.9 Å². The number of carbonyl (C=O) groups is 1. The predicted octanol–water partition coefficient (Wildman–Crippen LogP) is 2.70. The van der Waals surface area contributed by atoms with Crippen molar-refractivity contribution in [3.8, 4) is 17.0 Å². The predicted molar refractivity (Wildman–Crippen MR) is 95.5 cm³/mol. The second-order valence-electron chi connectivity index (χ2n) is 5.47. The van der Waals surface area contributed by atoms with Crippen molar-refractivity contribution >= 4 is 11.6 Å². The summed E-state index contributed by atoms with van der Waals surface area (Å²) in [6.07, 6.45) is 0. The Labute approximate surface area is 148 Å². The highest BCUT2D eigenvalue weighted by Crippen LogP contribution is 2.27. The van der Waals surface area contributed by atoms with Gasteiger partial charge in [-0.05, 0) is 36.4 Å². The Bertz CT molecular complexity index is 1000. The van der Waals surface area contributed by atoms with E-state index in [4.69, 9.17) is 4.74 Å². The highest BCUT2D eigenvalue weighted by atomic mass is 19.1. The number of methoxy groups -OCH3 is 1. The summed E-state index contributed by atoms with van der Waals surface area (Å²) in [6.45, 7) is -0.293. The van der Waals surface area contributed by atoms with Crippen LogP contribution in [0.25, 0.3) is 11.3 Å². The van der Waals surface area contributed by atoms with Crippen molar-refractivity contribution in [2.24, 2.45) is 0 Å². The van der Waals surface area contributed by atoms with E-state index in [0.29, 0.717) is 22.7 Å². The first-order valence-corrected chi connectivity index (χ1v) is 7.84. The van der Waals surface area contributed by atoms with Crippen LogP contribution in [-0.4, -0.2) is 22.8 Å². The van der Waals surface area contributed by atoms with Gasteiger partial charge in [0.15, 0.2) is 0 Å². The number of hydrogen-bond acceptors (Lipinski definition) is 4. The quantitative estimate of drug-likeness (QED) is 0.765. The largest absolute Gasteiger partial charge is 0.496 e. The van der Waals surface area contributed by atoms with Crippen LogP contribution in [0.3, 0.4) is 0 Å². The molecule has 0 atom stereocenters. The molecular formula is C19H16FN3O3. The smallest absolute Gasteiger partial charge is 0.267 e. The summed E-state index contributed by atoms with van der Waals surface area (Å²) in [5.74, 6) is -0.340. The Morgan fingerprint density at radius 3 is 2.73 bits per heavy atom. The lowest BCUT2D eigenvalue weighted by Crippen LogP contribution is -2.29. The minimum atomic E-state index is -0.484. The van der Waals surface area contributed by atoms with E-state index < -0.39 is 17.3 Å². The van der Waals surface area contributed by atoms with E-state index in [0.717, 1.165) is 4.68 Å². The van der Waals surface area contributed by atoms with Crippen molar-refractivity contribution in [1.82, 2.24) is 9.78 Å². The minimum absolute atomic E-state index is 0.293. The van der Waals surface area contributed by atoms with Crippen LogP contribution in [0.5, 0.6) is 5.75 Å². The van der Waals surface area contributed by atoms with Crippen molar-refractivity contribution in [1.29, 1.82) is 0 Å². The molecule has 3 rings (SSSR count). The number of carbonyl (C=O) groups excluding carboxylic acids is 1. The van der Waals surface area contributed by atoms with Crippen molar-refractivity contribution in [3.63, 3.8) is 0 Å². The number of aromatic nitrogens is 2. The van der Waals surface area contributed by atoms with Crippen LogP contribution in [0.2, 0.25) is 0 Å². The maximum absolute atomic E-state index is 13.2. The van der Waals surface area contributed by atoms with Gasteiger partial charge >= 0.3 is 0 Å². The Balaban J connectivity index is 1.84. The molecule has 6 nitrogen and oxygen atoms in total. The van der Waals surface area contributed by atoms with Gasteiger partial charge in [0.2, 0.25) is 5.91 Å². The van der Waals surface area contributed by atoms with E-state index in [1.54, 1.807) is 25.3 Å². The Kier molecular flexibility index (Phi) is 5.07. The van der Waals surface area contributed by atoms with Gasteiger partial charge in [0.05, 0.1) is 12.8 Å². The normalized spacial score (nSPS) is 10.4. The molecule has 0 radical (unpaired) electrons. The van der Waals surface area contributed by atoms with Crippen LogP contribution >= 0.6 is 0 Å². The number of nitrogens with zero attached hydrogens (tertiary/aromatic N) is 2. The Morgan fingerprint density at radius 2 is 1.96 bits per heavy atom. The molecule has 0 aliphatic heterocycles. The van der Waals surface area contributed by atoms with Gasteiger partial charge in [-0.1, -0.05) is 18.2 Å². The highest BCUT2D eigenvalue weighted by molar-refractivity contribution is 5.90. The van der Waals surface area contributed by atoms with Crippen molar-refractivity contribution in [2.45, 2.75) is 6.54 Å². The van der Waals surface area contributed by atoms with E-state index in [1.165, 1.54) is 24.3 Å². The van der Waals surface area contributed by atoms with Crippen LogP contribution in [-0.2, 0) is 11.3 Å². The second kappa shape index (κ2) is 7.60. The van der Waals surface area contributed by atoms with Gasteiger partial charge in [-0.25, -0.2) is 9.07 Å². The second-order valence-corrected chi connectivity index (χ2v) is 5.47. The number of rotatable bonds is 5. The van der Waals surface area contributed by atoms with Gasteiger partial charge < -0.3 is 10.1 Å². The SMILES string of the molecule is COc1ccccc1-c1ccc(=O)n(CC(=O)Nc2cccc(F)c2)n1. The zero-order valence-electron chi connectivity index (χ0n) is 14.0. The average Bonchev–Trinajstić information content (AvgIpc) is 2.63. The van der Waals surface area contributed by atoms with Gasteiger partial charge in [0.1, 0.15) is 18.1 Å². The summed E-state index contributed by atoms with van der Waals surface area (Å²) in [6, 6.07) is 15.7. The molecule has 0 aliphatic rings. The molecule has 2 aromatic carbocycles. The molecule has 0 fully saturated rings. The molecule has 132 valence electrons. The number of para-hydroxylation sites is 1. The average molecular weight is 353 g/mol. The van der Waals surface area contributed by atoms with E-state index in [-0.39, 0.29) is 6.54 Å². The van der Waals surface area contributed by atoms with Crippen molar-refractivity contribution in [2.75, 3.05) is 12.4 Å². The maximum Gasteiger partial charge on any atom is 0.267 e. The van der Waals surface area contributed by atoms with E-state index in [9.17, 15) is 14.0 Å². The zero-order chi connectivity index (χ0) is 18.5. The number of nitrogens with one attached hydrogen (secondary N) is 1. The molecule has 0 aliphatic carbocycles. The summed E-state index contributed by atoms with van der Waals surface area (Å²) in [7, 11) is 1.54. The third-order valence-electron chi connectivity index (χ3n) is 3.65. The minimum Gasteiger partial charge on any atom is -0.496 e. The van der Waals surface area contributed by atoms with Crippen molar-refractivity contribution in [3.05, 3.63) is 76.8 Å². The third kappa shape index (κ3) is 3.94. The third-order valence-corrected chi connectivity index (χ3v) is 3.65. The fourth-order valence-electron chi connectivity index (χ4n) is 2.46. The number of amides is 1. The maximum atomic E-state index is 13.2. The van der Waals surface area contributed by atoms with Gasteiger partial charge in [0.25, 0.3) is 5.56 Å². The zero-order valence-corrected chi connectivity index (χ0v) is 14.0. The molecule has 0 saturated heterocycles. The molecule has 1 amide bonds. The number of benzene rings is 2. The molecule has 1 N–H and O–H groups in total. The lowest BCUT2D eigenvalue weighted by Gasteiger charge is -2.10. The summed E-state index contributed by atoms with van der Waals surface area (Å²) in [4.78, 5) is 24.2. The van der Waals surface area contributed by atoms with Crippen LogP contribution in [0.4, 0.5) is 10.1 Å². The molecule has 1 heterocycles. The monoisotopic (exact) mass is 353 g/mol. The molecule has 1 aromatic heterocycles. The fraction of sp³-hybridized carbons (Fsp3) is 0.105. The lowest BCUT2D eigenvalue weighted by molar-refractivity contribution is -0.117. The topological polar surface area (TPSA) is 73.2 Å². The van der Waals surface area contributed by atoms with Gasteiger partial charge in [-0.3, -0.25) is 9.59 Å². The van der Waals surface area contributed by atoms with Crippen LogP contribution in [0.15, 0.2) is 65.5 Å². The van der Waals surface area contributed by atoms with Crippen LogP contribution in [0.1, 0.15) is 0 Å². The van der Waals surface area contributed by atoms with E-state index >= 15 is 0 Å². The molecular weight excluding hydrogens is 337 g/mol. The van der Waals surface area contributed by atoms with Crippen LogP contribution in [0, 0.1) is 5.82 Å². The summed E-state index contributed by atoms with van der Waals surface area (Å²) >= 11 is 0. The van der Waals surface area contributed by atoms with Gasteiger partial charge in [0, 0.05) is 17.3 Å².